The molecule has 0 aliphatic rings. The molecule has 0 saturated carbocycles. The fourth-order valence-corrected chi connectivity index (χ4v) is 2.61. The van der Waals surface area contributed by atoms with Crippen LogP contribution in [0.4, 0.5) is 5.69 Å². The van der Waals surface area contributed by atoms with Gasteiger partial charge in [0, 0.05) is 27.6 Å². The quantitative estimate of drug-likeness (QED) is 0.610. The highest BCUT2D eigenvalue weighted by atomic mass is 79.9. The van der Waals surface area contributed by atoms with Crippen molar-refractivity contribution in [2.45, 2.75) is 6.61 Å². The number of rotatable bonds is 5. The Bertz CT molecular complexity index is 867. The maximum Gasteiger partial charge on any atom is 0.257 e. The Labute approximate surface area is 158 Å². The normalized spacial score (nSPS) is 10.3. The average Bonchev–Trinajstić information content (AvgIpc) is 2.62. The van der Waals surface area contributed by atoms with Gasteiger partial charge in [0.25, 0.3) is 5.91 Å². The summed E-state index contributed by atoms with van der Waals surface area (Å²) < 4.78 is 6.48. The van der Waals surface area contributed by atoms with Gasteiger partial charge in [0.05, 0.1) is 5.56 Å². The van der Waals surface area contributed by atoms with Crippen molar-refractivity contribution in [1.82, 2.24) is 4.98 Å². The molecule has 3 aromatic rings. The summed E-state index contributed by atoms with van der Waals surface area (Å²) in [7, 11) is 0. The molecule has 0 spiro atoms. The molecule has 1 heterocycles. The number of hydrogen-bond donors (Lipinski definition) is 1. The van der Waals surface area contributed by atoms with E-state index >= 15 is 0 Å². The molecule has 0 aliphatic carbocycles. The van der Waals surface area contributed by atoms with E-state index in [2.05, 4.69) is 26.2 Å². The van der Waals surface area contributed by atoms with Gasteiger partial charge in [-0.3, -0.25) is 9.78 Å². The van der Waals surface area contributed by atoms with Crippen molar-refractivity contribution in [3.05, 3.63) is 87.6 Å². The van der Waals surface area contributed by atoms with Gasteiger partial charge in [-0.1, -0.05) is 23.7 Å². The van der Waals surface area contributed by atoms with E-state index in [9.17, 15) is 4.79 Å². The van der Waals surface area contributed by atoms with E-state index in [0.717, 1.165) is 15.8 Å². The second-order valence-corrected chi connectivity index (χ2v) is 6.64. The SMILES string of the molecule is O=C(Nc1ccc(OCc2ccc(Cl)cc2)cc1)c1cncc(Br)c1. The smallest absolute Gasteiger partial charge is 0.257 e. The van der Waals surface area contributed by atoms with Crippen molar-refractivity contribution in [2.24, 2.45) is 0 Å². The van der Waals surface area contributed by atoms with Crippen LogP contribution in [0.2, 0.25) is 5.02 Å². The summed E-state index contributed by atoms with van der Waals surface area (Å²) in [5.41, 5.74) is 2.20. The summed E-state index contributed by atoms with van der Waals surface area (Å²) in [6, 6.07) is 16.4. The van der Waals surface area contributed by atoms with E-state index in [4.69, 9.17) is 16.3 Å². The van der Waals surface area contributed by atoms with Gasteiger partial charge in [0.2, 0.25) is 0 Å². The van der Waals surface area contributed by atoms with Gasteiger partial charge < -0.3 is 10.1 Å². The molecule has 4 nitrogen and oxygen atoms in total. The largest absolute Gasteiger partial charge is 0.489 e. The predicted molar refractivity (Wildman–Crippen MR) is 102 cm³/mol. The molecular weight excluding hydrogens is 404 g/mol. The number of pyridine rings is 1. The molecule has 0 fully saturated rings. The molecular formula is C19H14BrClN2O2. The molecule has 1 N–H and O–H groups in total. The van der Waals surface area contributed by atoms with Crippen LogP contribution in [0.1, 0.15) is 15.9 Å². The fourth-order valence-electron chi connectivity index (χ4n) is 2.12. The Kier molecular flexibility index (Phi) is 5.68. The Balaban J connectivity index is 1.58. The van der Waals surface area contributed by atoms with Crippen LogP contribution in [0.25, 0.3) is 0 Å². The van der Waals surface area contributed by atoms with E-state index in [0.29, 0.717) is 22.9 Å². The molecule has 3 rings (SSSR count). The topological polar surface area (TPSA) is 51.2 Å². The van der Waals surface area contributed by atoms with Gasteiger partial charge in [-0.2, -0.15) is 0 Å². The third kappa shape index (κ3) is 5.05. The second kappa shape index (κ2) is 8.14. The van der Waals surface area contributed by atoms with Crippen molar-refractivity contribution in [1.29, 1.82) is 0 Å². The highest BCUT2D eigenvalue weighted by Crippen LogP contribution is 2.19. The summed E-state index contributed by atoms with van der Waals surface area (Å²) in [5.74, 6) is 0.501. The molecule has 0 radical (unpaired) electrons. The van der Waals surface area contributed by atoms with Gasteiger partial charge in [0.15, 0.2) is 0 Å². The van der Waals surface area contributed by atoms with Gasteiger partial charge in [0.1, 0.15) is 12.4 Å². The number of carbonyl (C=O) groups excluding carboxylic acids is 1. The van der Waals surface area contributed by atoms with Crippen LogP contribution in [-0.2, 0) is 6.61 Å². The van der Waals surface area contributed by atoms with Gasteiger partial charge in [-0.05, 0) is 64.0 Å². The number of benzene rings is 2. The molecule has 1 aromatic heterocycles. The molecule has 1 amide bonds. The van der Waals surface area contributed by atoms with Gasteiger partial charge in [-0.25, -0.2) is 0 Å². The number of halogens is 2. The maximum absolute atomic E-state index is 12.2. The van der Waals surface area contributed by atoms with Gasteiger partial charge in [-0.15, -0.1) is 0 Å². The Hall–Kier alpha value is -2.37. The van der Waals surface area contributed by atoms with E-state index in [-0.39, 0.29) is 5.91 Å². The zero-order valence-electron chi connectivity index (χ0n) is 13.1. The zero-order valence-corrected chi connectivity index (χ0v) is 15.4. The van der Waals surface area contributed by atoms with Crippen molar-refractivity contribution in [3.63, 3.8) is 0 Å². The number of nitrogens with one attached hydrogen (secondary N) is 1. The van der Waals surface area contributed by atoms with E-state index in [1.54, 1.807) is 24.4 Å². The van der Waals surface area contributed by atoms with Crippen LogP contribution in [0.5, 0.6) is 5.75 Å². The van der Waals surface area contributed by atoms with E-state index in [1.807, 2.05) is 36.4 Å². The molecule has 0 unspecified atom stereocenters. The van der Waals surface area contributed by atoms with E-state index < -0.39 is 0 Å². The van der Waals surface area contributed by atoms with Crippen molar-refractivity contribution in [3.8, 4) is 5.75 Å². The van der Waals surface area contributed by atoms with Crippen LogP contribution in [0.3, 0.4) is 0 Å². The fraction of sp³-hybridized carbons (Fsp3) is 0.0526. The summed E-state index contributed by atoms with van der Waals surface area (Å²) in [4.78, 5) is 16.2. The zero-order chi connectivity index (χ0) is 17.6. The van der Waals surface area contributed by atoms with Crippen LogP contribution in [0, 0.1) is 0 Å². The molecule has 25 heavy (non-hydrogen) atoms. The minimum atomic E-state index is -0.219. The van der Waals surface area contributed by atoms with Crippen molar-refractivity contribution < 1.29 is 9.53 Å². The third-order valence-corrected chi connectivity index (χ3v) is 4.08. The minimum Gasteiger partial charge on any atom is -0.489 e. The standard InChI is InChI=1S/C19H14BrClN2O2/c20-15-9-14(10-22-11-15)19(24)23-17-5-7-18(8-6-17)25-12-13-1-3-16(21)4-2-13/h1-11H,12H2,(H,23,24). The highest BCUT2D eigenvalue weighted by Gasteiger charge is 2.07. The molecule has 0 bridgehead atoms. The summed E-state index contributed by atoms with van der Waals surface area (Å²) in [5, 5.41) is 3.52. The van der Waals surface area contributed by atoms with Gasteiger partial charge >= 0.3 is 0 Å². The Morgan fingerprint density at radius 3 is 2.48 bits per heavy atom. The lowest BCUT2D eigenvalue weighted by Crippen LogP contribution is -2.12. The van der Waals surface area contributed by atoms with Crippen molar-refractivity contribution >= 4 is 39.1 Å². The van der Waals surface area contributed by atoms with Crippen LogP contribution in [-0.4, -0.2) is 10.9 Å². The first-order chi connectivity index (χ1) is 12.1. The number of carbonyl (C=O) groups is 1. The summed E-state index contributed by atoms with van der Waals surface area (Å²) in [6.07, 6.45) is 3.15. The number of ether oxygens (including phenoxy) is 1. The minimum absolute atomic E-state index is 0.219. The molecule has 2 aromatic carbocycles. The first-order valence-electron chi connectivity index (χ1n) is 7.49. The third-order valence-electron chi connectivity index (χ3n) is 3.40. The summed E-state index contributed by atoms with van der Waals surface area (Å²) in [6.45, 7) is 0.451. The predicted octanol–water partition coefficient (Wildman–Crippen LogP) is 5.33. The van der Waals surface area contributed by atoms with Crippen LogP contribution < -0.4 is 10.1 Å². The lowest BCUT2D eigenvalue weighted by molar-refractivity contribution is 0.102. The molecule has 6 heteroatoms. The molecule has 0 saturated heterocycles. The van der Waals surface area contributed by atoms with Crippen molar-refractivity contribution in [2.75, 3.05) is 5.32 Å². The lowest BCUT2D eigenvalue weighted by Gasteiger charge is -2.09. The highest BCUT2D eigenvalue weighted by molar-refractivity contribution is 9.10. The lowest BCUT2D eigenvalue weighted by atomic mass is 10.2. The number of hydrogen-bond acceptors (Lipinski definition) is 3. The molecule has 126 valence electrons. The number of nitrogens with zero attached hydrogens (tertiary/aromatic N) is 1. The summed E-state index contributed by atoms with van der Waals surface area (Å²) >= 11 is 9.16. The molecule has 0 aliphatic heterocycles. The number of aromatic nitrogens is 1. The number of anilines is 1. The Morgan fingerprint density at radius 1 is 1.08 bits per heavy atom. The Morgan fingerprint density at radius 2 is 1.80 bits per heavy atom. The average molecular weight is 418 g/mol. The van der Waals surface area contributed by atoms with Crippen LogP contribution in [0.15, 0.2) is 71.5 Å². The first-order valence-corrected chi connectivity index (χ1v) is 8.66. The van der Waals surface area contributed by atoms with E-state index in [1.165, 1.54) is 6.20 Å². The first kappa shape index (κ1) is 17.5. The number of amides is 1. The maximum atomic E-state index is 12.2. The van der Waals surface area contributed by atoms with Crippen LogP contribution >= 0.6 is 27.5 Å². The second-order valence-electron chi connectivity index (χ2n) is 5.29. The monoisotopic (exact) mass is 416 g/mol. The molecule has 0 atom stereocenters.